The van der Waals surface area contributed by atoms with Crippen LogP contribution in [0, 0.1) is 0 Å². The molecule has 0 spiro atoms. The molecule has 1 heterocycles. The van der Waals surface area contributed by atoms with Crippen LogP contribution in [0.1, 0.15) is 0 Å². The number of methoxy groups -OCH3 is 1. The molecule has 1 aromatic heterocycles. The fraction of sp³-hybridized carbons (Fsp3) is 0.167. The number of pyridine rings is 1. The molecule has 2 nitrogen and oxygen atoms in total. The van der Waals surface area contributed by atoms with Gasteiger partial charge < -0.3 is 4.74 Å². The van der Waals surface area contributed by atoms with Gasteiger partial charge in [0.25, 0.3) is 0 Å². The van der Waals surface area contributed by atoms with Gasteiger partial charge in [-0.25, -0.2) is 4.98 Å². The van der Waals surface area contributed by atoms with Gasteiger partial charge in [-0.2, -0.15) is 0 Å². The molecule has 0 N–H and O–H groups in total. The molecule has 0 aliphatic carbocycles. The van der Waals surface area contributed by atoms with E-state index in [4.69, 9.17) is 4.74 Å². The summed E-state index contributed by atoms with van der Waals surface area (Å²) in [5.41, 5.74) is 0. The molecule has 0 fully saturated rings. The third-order valence-corrected chi connectivity index (χ3v) is 0.847. The SMILES string of the molecule is COc1ccccn1.[Fe]. The van der Waals surface area contributed by atoms with Crippen LogP contribution >= 0.6 is 0 Å². The Morgan fingerprint density at radius 3 is 2.56 bits per heavy atom. The summed E-state index contributed by atoms with van der Waals surface area (Å²) < 4.78 is 4.80. The van der Waals surface area contributed by atoms with Crippen molar-refractivity contribution in [2.24, 2.45) is 0 Å². The van der Waals surface area contributed by atoms with E-state index < -0.39 is 0 Å². The fourth-order valence-electron chi connectivity index (χ4n) is 0.468. The van der Waals surface area contributed by atoms with Crippen LogP contribution in [0.4, 0.5) is 0 Å². The summed E-state index contributed by atoms with van der Waals surface area (Å²) in [6, 6.07) is 5.54. The second-order valence-corrected chi connectivity index (χ2v) is 1.37. The third kappa shape index (κ3) is 2.49. The molecule has 0 radical (unpaired) electrons. The van der Waals surface area contributed by atoms with Crippen molar-refractivity contribution < 1.29 is 21.8 Å². The third-order valence-electron chi connectivity index (χ3n) is 0.847. The van der Waals surface area contributed by atoms with Crippen LogP contribution < -0.4 is 4.74 Å². The molecule has 0 unspecified atom stereocenters. The minimum Gasteiger partial charge on any atom is -0.481 e. The molecule has 0 aromatic carbocycles. The molecule has 1 rings (SSSR count). The van der Waals surface area contributed by atoms with Crippen LogP contribution in [0.3, 0.4) is 0 Å². The van der Waals surface area contributed by atoms with E-state index >= 15 is 0 Å². The van der Waals surface area contributed by atoms with E-state index in [9.17, 15) is 0 Å². The normalized spacial score (nSPS) is 7.67. The Hall–Kier alpha value is -0.531. The van der Waals surface area contributed by atoms with E-state index in [0.717, 1.165) is 0 Å². The minimum atomic E-state index is 0. The first-order chi connectivity index (χ1) is 3.93. The van der Waals surface area contributed by atoms with Crippen LogP contribution in [-0.2, 0) is 17.1 Å². The van der Waals surface area contributed by atoms with E-state index in [0.29, 0.717) is 5.88 Å². The first-order valence-electron chi connectivity index (χ1n) is 2.38. The van der Waals surface area contributed by atoms with E-state index in [2.05, 4.69) is 4.98 Å². The van der Waals surface area contributed by atoms with Crippen molar-refractivity contribution in [3.05, 3.63) is 24.4 Å². The van der Waals surface area contributed by atoms with Gasteiger partial charge in [0.05, 0.1) is 7.11 Å². The van der Waals surface area contributed by atoms with E-state index in [1.165, 1.54) is 0 Å². The Kier molecular flexibility index (Phi) is 4.10. The van der Waals surface area contributed by atoms with Crippen molar-refractivity contribution in [2.75, 3.05) is 7.11 Å². The van der Waals surface area contributed by atoms with Crippen molar-refractivity contribution in [2.45, 2.75) is 0 Å². The zero-order chi connectivity index (χ0) is 5.82. The van der Waals surface area contributed by atoms with Gasteiger partial charge in [0.1, 0.15) is 0 Å². The summed E-state index contributed by atoms with van der Waals surface area (Å²) in [5.74, 6) is 0.660. The Morgan fingerprint density at radius 2 is 2.22 bits per heavy atom. The van der Waals surface area contributed by atoms with E-state index in [1.54, 1.807) is 19.4 Å². The topological polar surface area (TPSA) is 22.1 Å². The molecule has 0 aliphatic heterocycles. The molecule has 3 heteroatoms. The summed E-state index contributed by atoms with van der Waals surface area (Å²) in [6.45, 7) is 0. The summed E-state index contributed by atoms with van der Waals surface area (Å²) in [7, 11) is 1.60. The Labute approximate surface area is 64.7 Å². The molecular formula is C6H7FeNO. The fourth-order valence-corrected chi connectivity index (χ4v) is 0.468. The van der Waals surface area contributed by atoms with Crippen molar-refractivity contribution >= 4 is 0 Å². The molecule has 0 saturated carbocycles. The van der Waals surface area contributed by atoms with Crippen LogP contribution in [-0.4, -0.2) is 12.1 Å². The van der Waals surface area contributed by atoms with Crippen molar-refractivity contribution in [3.8, 4) is 5.88 Å². The Morgan fingerprint density at radius 1 is 1.44 bits per heavy atom. The predicted octanol–water partition coefficient (Wildman–Crippen LogP) is 1.09. The average molecular weight is 165 g/mol. The first kappa shape index (κ1) is 8.47. The van der Waals surface area contributed by atoms with Gasteiger partial charge >= 0.3 is 0 Å². The molecule has 0 atom stereocenters. The van der Waals surface area contributed by atoms with Crippen LogP contribution in [0.15, 0.2) is 24.4 Å². The van der Waals surface area contributed by atoms with Crippen molar-refractivity contribution in [1.82, 2.24) is 4.98 Å². The van der Waals surface area contributed by atoms with E-state index in [-0.39, 0.29) is 17.1 Å². The van der Waals surface area contributed by atoms with Crippen LogP contribution in [0.5, 0.6) is 5.88 Å². The molecule has 0 bridgehead atoms. The average Bonchev–Trinajstić information content (AvgIpc) is 1.90. The Bertz CT molecular complexity index is 154. The number of hydrogen-bond acceptors (Lipinski definition) is 2. The molecule has 9 heavy (non-hydrogen) atoms. The van der Waals surface area contributed by atoms with Crippen molar-refractivity contribution in [3.63, 3.8) is 0 Å². The summed E-state index contributed by atoms with van der Waals surface area (Å²) in [6.07, 6.45) is 1.69. The first-order valence-corrected chi connectivity index (χ1v) is 2.38. The van der Waals surface area contributed by atoms with Gasteiger partial charge in [0, 0.05) is 29.3 Å². The van der Waals surface area contributed by atoms with Gasteiger partial charge in [0.15, 0.2) is 0 Å². The number of hydrogen-bond donors (Lipinski definition) is 0. The number of nitrogens with zero attached hydrogens (tertiary/aromatic N) is 1. The zero-order valence-electron chi connectivity index (χ0n) is 5.02. The smallest absolute Gasteiger partial charge is 0.212 e. The standard InChI is InChI=1S/C6H7NO.Fe/c1-8-6-4-2-3-5-7-6;/h2-5H,1H3;. The quantitative estimate of drug-likeness (QED) is 0.581. The van der Waals surface area contributed by atoms with Crippen LogP contribution in [0.25, 0.3) is 0 Å². The van der Waals surface area contributed by atoms with E-state index in [1.807, 2.05) is 12.1 Å². The monoisotopic (exact) mass is 165 g/mol. The number of aromatic nitrogens is 1. The van der Waals surface area contributed by atoms with Gasteiger partial charge in [-0.05, 0) is 6.07 Å². The van der Waals surface area contributed by atoms with Gasteiger partial charge in [-0.3, -0.25) is 0 Å². The molecule has 0 aliphatic rings. The zero-order valence-corrected chi connectivity index (χ0v) is 6.12. The van der Waals surface area contributed by atoms with Crippen molar-refractivity contribution in [1.29, 1.82) is 0 Å². The molecule has 50 valence electrons. The molecule has 1 aromatic rings. The maximum atomic E-state index is 4.80. The Balaban J connectivity index is 0.000000640. The number of ether oxygens (including phenoxy) is 1. The summed E-state index contributed by atoms with van der Waals surface area (Å²) in [5, 5.41) is 0. The molecular weight excluding hydrogens is 158 g/mol. The maximum absolute atomic E-state index is 4.80. The number of rotatable bonds is 1. The van der Waals surface area contributed by atoms with Crippen LogP contribution in [0.2, 0.25) is 0 Å². The second kappa shape index (κ2) is 4.36. The molecule has 0 amide bonds. The summed E-state index contributed by atoms with van der Waals surface area (Å²) in [4.78, 5) is 3.88. The molecule has 0 saturated heterocycles. The summed E-state index contributed by atoms with van der Waals surface area (Å²) >= 11 is 0. The second-order valence-electron chi connectivity index (χ2n) is 1.37. The van der Waals surface area contributed by atoms with Gasteiger partial charge in [0.2, 0.25) is 5.88 Å². The maximum Gasteiger partial charge on any atom is 0.212 e. The predicted molar refractivity (Wildman–Crippen MR) is 30.8 cm³/mol. The largest absolute Gasteiger partial charge is 0.481 e. The minimum absolute atomic E-state index is 0. The van der Waals surface area contributed by atoms with Gasteiger partial charge in [-0.1, -0.05) is 6.07 Å². The van der Waals surface area contributed by atoms with Gasteiger partial charge in [-0.15, -0.1) is 0 Å².